The minimum atomic E-state index is -3.32. The maximum Gasteiger partial charge on any atom is 0.255 e. The van der Waals surface area contributed by atoms with Gasteiger partial charge in [-0.2, -0.15) is 0 Å². The monoisotopic (exact) mass is 358 g/mol. The number of hydrogen-bond acceptors (Lipinski definition) is 3. The van der Waals surface area contributed by atoms with Crippen molar-refractivity contribution in [3.05, 3.63) is 58.7 Å². The number of benzene rings is 2. The number of fused-ring (bicyclic) bond motifs is 1. The Hall–Kier alpha value is -2.34. The fourth-order valence-electron chi connectivity index (χ4n) is 3.40. The first-order valence-corrected chi connectivity index (χ1v) is 10.0. The molecule has 0 aromatic heterocycles. The van der Waals surface area contributed by atoms with Gasteiger partial charge in [-0.3, -0.25) is 9.10 Å². The summed E-state index contributed by atoms with van der Waals surface area (Å²) in [6.07, 6.45) is 1.81. The molecule has 0 fully saturated rings. The number of carbonyl (C=O) groups is 1. The Morgan fingerprint density at radius 1 is 1.16 bits per heavy atom. The zero-order valence-electron chi connectivity index (χ0n) is 14.8. The van der Waals surface area contributed by atoms with Crippen LogP contribution in [0.2, 0.25) is 0 Å². The van der Waals surface area contributed by atoms with Crippen LogP contribution < -0.4 is 9.62 Å². The largest absolute Gasteiger partial charge is 0.322 e. The van der Waals surface area contributed by atoms with Gasteiger partial charge in [0.25, 0.3) is 5.91 Å². The van der Waals surface area contributed by atoms with Crippen molar-refractivity contribution in [1.82, 2.24) is 0 Å². The standard InChI is InChI=1S/C19H22N2O3S/c1-12-5-7-17(13(2)9-12)20-19(22)15-6-8-18-16(11-15)10-14(3)21(18)25(4,23)24/h5-9,11,14H,10H2,1-4H3,(H,20,22)/t14-/m1/s1. The van der Waals surface area contributed by atoms with Crippen LogP contribution in [0.4, 0.5) is 11.4 Å². The fraction of sp³-hybridized carbons (Fsp3) is 0.316. The maximum absolute atomic E-state index is 12.6. The van der Waals surface area contributed by atoms with Gasteiger partial charge in [0, 0.05) is 17.3 Å². The Morgan fingerprint density at radius 3 is 2.52 bits per heavy atom. The summed E-state index contributed by atoms with van der Waals surface area (Å²) in [5.74, 6) is -0.194. The van der Waals surface area contributed by atoms with E-state index in [-0.39, 0.29) is 11.9 Å². The van der Waals surface area contributed by atoms with E-state index in [0.29, 0.717) is 17.7 Å². The molecular weight excluding hydrogens is 336 g/mol. The van der Waals surface area contributed by atoms with E-state index in [1.807, 2.05) is 39.0 Å². The van der Waals surface area contributed by atoms with Crippen LogP contribution in [-0.4, -0.2) is 26.6 Å². The molecular formula is C19H22N2O3S. The van der Waals surface area contributed by atoms with Crippen molar-refractivity contribution >= 4 is 27.3 Å². The fourth-order valence-corrected chi connectivity index (χ4v) is 4.66. The molecule has 0 spiro atoms. The molecule has 1 heterocycles. The first-order chi connectivity index (χ1) is 11.7. The zero-order chi connectivity index (χ0) is 18.4. The third-order valence-electron chi connectivity index (χ3n) is 4.48. The first kappa shape index (κ1) is 17.5. The van der Waals surface area contributed by atoms with Crippen LogP contribution in [0, 0.1) is 13.8 Å². The van der Waals surface area contributed by atoms with E-state index in [1.54, 1.807) is 18.2 Å². The van der Waals surface area contributed by atoms with Crippen LogP contribution in [0.5, 0.6) is 0 Å². The van der Waals surface area contributed by atoms with E-state index in [9.17, 15) is 13.2 Å². The highest BCUT2D eigenvalue weighted by molar-refractivity contribution is 7.92. The summed E-state index contributed by atoms with van der Waals surface area (Å²) in [5, 5.41) is 2.93. The predicted octanol–water partition coefficient (Wildman–Crippen LogP) is 3.27. The molecule has 0 aliphatic carbocycles. The van der Waals surface area contributed by atoms with Crippen molar-refractivity contribution in [3.8, 4) is 0 Å². The minimum Gasteiger partial charge on any atom is -0.322 e. The molecule has 25 heavy (non-hydrogen) atoms. The third kappa shape index (κ3) is 3.39. The first-order valence-electron chi connectivity index (χ1n) is 8.18. The lowest BCUT2D eigenvalue weighted by Crippen LogP contribution is -2.34. The predicted molar refractivity (Wildman–Crippen MR) is 101 cm³/mol. The van der Waals surface area contributed by atoms with Gasteiger partial charge < -0.3 is 5.32 Å². The Balaban J connectivity index is 1.88. The number of anilines is 2. The van der Waals surface area contributed by atoms with Crippen LogP contribution in [0.25, 0.3) is 0 Å². The SMILES string of the molecule is Cc1ccc(NC(=O)c2ccc3c(c2)C[C@@H](C)N3S(C)(=O)=O)c(C)c1. The van der Waals surface area contributed by atoms with Crippen molar-refractivity contribution in [3.63, 3.8) is 0 Å². The van der Waals surface area contributed by atoms with Crippen LogP contribution in [0.15, 0.2) is 36.4 Å². The lowest BCUT2D eigenvalue weighted by atomic mass is 10.1. The number of rotatable bonds is 3. The van der Waals surface area contributed by atoms with E-state index >= 15 is 0 Å². The van der Waals surface area contributed by atoms with Crippen molar-refractivity contribution in [2.75, 3.05) is 15.9 Å². The van der Waals surface area contributed by atoms with Gasteiger partial charge in [0.2, 0.25) is 10.0 Å². The lowest BCUT2D eigenvalue weighted by Gasteiger charge is -2.21. The summed E-state index contributed by atoms with van der Waals surface area (Å²) in [5.41, 5.74) is 5.00. The highest BCUT2D eigenvalue weighted by Crippen LogP contribution is 2.34. The lowest BCUT2D eigenvalue weighted by molar-refractivity contribution is 0.102. The second kappa shape index (κ2) is 6.19. The summed E-state index contributed by atoms with van der Waals surface area (Å²) in [4.78, 5) is 12.6. The summed E-state index contributed by atoms with van der Waals surface area (Å²) in [6, 6.07) is 10.9. The molecule has 6 heteroatoms. The second-order valence-electron chi connectivity index (χ2n) is 6.73. The van der Waals surface area contributed by atoms with Gasteiger partial charge >= 0.3 is 0 Å². The van der Waals surface area contributed by atoms with E-state index in [4.69, 9.17) is 0 Å². The van der Waals surface area contributed by atoms with E-state index in [0.717, 1.165) is 22.4 Å². The number of nitrogens with zero attached hydrogens (tertiary/aromatic N) is 1. The van der Waals surface area contributed by atoms with Gasteiger partial charge in [0.1, 0.15) is 0 Å². The number of amides is 1. The number of carbonyl (C=O) groups excluding carboxylic acids is 1. The van der Waals surface area contributed by atoms with Crippen molar-refractivity contribution in [2.45, 2.75) is 33.2 Å². The van der Waals surface area contributed by atoms with Gasteiger partial charge in [-0.1, -0.05) is 17.7 Å². The summed E-state index contributed by atoms with van der Waals surface area (Å²) < 4.78 is 25.4. The molecule has 2 aromatic rings. The van der Waals surface area contributed by atoms with Crippen LogP contribution in [-0.2, 0) is 16.4 Å². The summed E-state index contributed by atoms with van der Waals surface area (Å²) >= 11 is 0. The molecule has 1 aliphatic rings. The average Bonchev–Trinajstić information content (AvgIpc) is 2.84. The van der Waals surface area contributed by atoms with Crippen LogP contribution >= 0.6 is 0 Å². The Bertz CT molecular complexity index is 951. The molecule has 1 atom stereocenters. The highest BCUT2D eigenvalue weighted by atomic mass is 32.2. The normalized spacial score (nSPS) is 16.6. The van der Waals surface area contributed by atoms with E-state index in [1.165, 1.54) is 10.6 Å². The zero-order valence-corrected chi connectivity index (χ0v) is 15.6. The molecule has 132 valence electrons. The molecule has 2 aromatic carbocycles. The van der Waals surface area contributed by atoms with E-state index < -0.39 is 10.0 Å². The molecule has 0 radical (unpaired) electrons. The van der Waals surface area contributed by atoms with Crippen LogP contribution in [0.1, 0.15) is 34.0 Å². The molecule has 0 saturated heterocycles. The molecule has 0 unspecified atom stereocenters. The second-order valence-corrected chi connectivity index (χ2v) is 8.59. The molecule has 1 N–H and O–H groups in total. The highest BCUT2D eigenvalue weighted by Gasteiger charge is 2.32. The van der Waals surface area contributed by atoms with Gasteiger partial charge in [0.15, 0.2) is 0 Å². The molecule has 0 bridgehead atoms. The van der Waals surface area contributed by atoms with Crippen molar-refractivity contribution in [1.29, 1.82) is 0 Å². The van der Waals surface area contributed by atoms with Gasteiger partial charge in [-0.15, -0.1) is 0 Å². The number of sulfonamides is 1. The van der Waals surface area contributed by atoms with Crippen molar-refractivity contribution in [2.24, 2.45) is 0 Å². The van der Waals surface area contributed by atoms with Gasteiger partial charge in [-0.25, -0.2) is 8.42 Å². The quantitative estimate of drug-likeness (QED) is 0.916. The Labute approximate surface area is 148 Å². The summed E-state index contributed by atoms with van der Waals surface area (Å²) in [6.45, 7) is 5.83. The Kier molecular flexibility index (Phi) is 4.33. The van der Waals surface area contributed by atoms with Gasteiger partial charge in [0.05, 0.1) is 11.9 Å². The van der Waals surface area contributed by atoms with Crippen LogP contribution in [0.3, 0.4) is 0 Å². The molecule has 1 amide bonds. The van der Waals surface area contributed by atoms with Crippen molar-refractivity contribution < 1.29 is 13.2 Å². The average molecular weight is 358 g/mol. The Morgan fingerprint density at radius 2 is 1.88 bits per heavy atom. The molecule has 0 saturated carbocycles. The molecule has 5 nitrogen and oxygen atoms in total. The number of aryl methyl sites for hydroxylation is 2. The smallest absolute Gasteiger partial charge is 0.255 e. The number of nitrogens with one attached hydrogen (secondary N) is 1. The molecule has 1 aliphatic heterocycles. The topological polar surface area (TPSA) is 66.5 Å². The van der Waals surface area contributed by atoms with E-state index in [2.05, 4.69) is 5.32 Å². The summed E-state index contributed by atoms with van der Waals surface area (Å²) in [7, 11) is -3.32. The number of hydrogen-bond donors (Lipinski definition) is 1. The maximum atomic E-state index is 12.6. The third-order valence-corrected chi connectivity index (χ3v) is 5.75. The van der Waals surface area contributed by atoms with Gasteiger partial charge in [-0.05, 0) is 62.6 Å². The molecule has 3 rings (SSSR count). The minimum absolute atomic E-state index is 0.136.